The molecule has 1 aliphatic rings. The fourth-order valence-electron chi connectivity index (χ4n) is 2.97. The van der Waals surface area contributed by atoms with Crippen LogP contribution in [-0.2, 0) is 14.8 Å². The number of carbonyl (C=O) groups excluding carboxylic acids is 1. The Balaban J connectivity index is 1.47. The van der Waals surface area contributed by atoms with Crippen LogP contribution in [0.5, 0.6) is 5.75 Å². The number of benzene rings is 2. The molecule has 29 heavy (non-hydrogen) atoms. The van der Waals surface area contributed by atoms with Gasteiger partial charge in [-0.05, 0) is 36.4 Å². The van der Waals surface area contributed by atoms with Gasteiger partial charge in [0.15, 0.2) is 11.2 Å². The lowest BCUT2D eigenvalue weighted by Crippen LogP contribution is -2.32. The van der Waals surface area contributed by atoms with Crippen molar-refractivity contribution in [2.45, 2.75) is 17.4 Å². The van der Waals surface area contributed by atoms with Crippen molar-refractivity contribution in [3.05, 3.63) is 65.1 Å². The van der Waals surface area contributed by atoms with E-state index in [1.54, 1.807) is 46.7 Å². The molecule has 0 radical (unpaired) electrons. The van der Waals surface area contributed by atoms with Crippen LogP contribution in [0.2, 0.25) is 5.02 Å². The number of para-hydroxylation sites is 1. The molecule has 0 spiro atoms. The number of rotatable bonds is 6. The van der Waals surface area contributed by atoms with Gasteiger partial charge in [-0.3, -0.25) is 9.52 Å². The Kier molecular flexibility index (Phi) is 5.44. The first-order valence-corrected chi connectivity index (χ1v) is 11.4. The van der Waals surface area contributed by atoms with Gasteiger partial charge in [0.05, 0.1) is 9.92 Å². The van der Waals surface area contributed by atoms with Crippen LogP contribution < -0.4 is 14.4 Å². The quantitative estimate of drug-likeness (QED) is 0.618. The summed E-state index contributed by atoms with van der Waals surface area (Å²) in [5.74, 6) is 0.269. The van der Waals surface area contributed by atoms with Gasteiger partial charge in [-0.2, -0.15) is 0 Å². The maximum Gasteiger partial charge on any atom is 0.268 e. The van der Waals surface area contributed by atoms with Crippen LogP contribution in [0.25, 0.3) is 0 Å². The third-order valence-electron chi connectivity index (χ3n) is 4.37. The zero-order chi connectivity index (χ0) is 20.4. The number of ether oxygens (including phenoxy) is 1. The van der Waals surface area contributed by atoms with Crippen molar-refractivity contribution in [3.63, 3.8) is 0 Å². The van der Waals surface area contributed by atoms with Gasteiger partial charge >= 0.3 is 0 Å². The fourth-order valence-corrected chi connectivity index (χ4v) is 4.94. The standard InChI is InChI=1S/C19H16ClN3O4S2/c20-15-3-1-2-4-16(15)27-17-9-11-23(18(17)24)13-5-7-14(8-6-13)29(25,26)22-19-21-10-12-28-19/h1-8,10,12,17H,9,11H2,(H,21,22). The van der Waals surface area contributed by atoms with E-state index in [9.17, 15) is 13.2 Å². The molecule has 0 bridgehead atoms. The van der Waals surface area contributed by atoms with Gasteiger partial charge in [-0.1, -0.05) is 23.7 Å². The number of aromatic nitrogens is 1. The fraction of sp³-hybridized carbons (Fsp3) is 0.158. The van der Waals surface area contributed by atoms with E-state index in [-0.39, 0.29) is 10.8 Å². The number of nitrogens with zero attached hydrogens (tertiary/aromatic N) is 2. The molecule has 3 aromatic rings. The summed E-state index contributed by atoms with van der Waals surface area (Å²) in [7, 11) is -3.74. The van der Waals surface area contributed by atoms with Crippen molar-refractivity contribution < 1.29 is 17.9 Å². The van der Waals surface area contributed by atoms with E-state index >= 15 is 0 Å². The average Bonchev–Trinajstić information content (AvgIpc) is 3.33. The lowest BCUT2D eigenvalue weighted by molar-refractivity contribution is -0.122. The van der Waals surface area contributed by atoms with Gasteiger partial charge in [-0.25, -0.2) is 13.4 Å². The first-order chi connectivity index (χ1) is 13.9. The van der Waals surface area contributed by atoms with E-state index < -0.39 is 16.1 Å². The Hall–Kier alpha value is -2.62. The van der Waals surface area contributed by atoms with E-state index in [0.29, 0.717) is 34.6 Å². The number of amides is 1. The lowest BCUT2D eigenvalue weighted by atomic mass is 10.3. The Labute approximate surface area is 177 Å². The molecule has 1 aliphatic heterocycles. The van der Waals surface area contributed by atoms with Crippen LogP contribution >= 0.6 is 22.9 Å². The maximum atomic E-state index is 12.7. The largest absolute Gasteiger partial charge is 0.479 e. The van der Waals surface area contributed by atoms with Crippen molar-refractivity contribution in [2.75, 3.05) is 16.2 Å². The van der Waals surface area contributed by atoms with Crippen molar-refractivity contribution in [3.8, 4) is 5.75 Å². The minimum Gasteiger partial charge on any atom is -0.479 e. The second-order valence-electron chi connectivity index (χ2n) is 6.25. The van der Waals surface area contributed by atoms with Crippen LogP contribution in [-0.4, -0.2) is 32.0 Å². The van der Waals surface area contributed by atoms with Crippen LogP contribution in [0.3, 0.4) is 0 Å². The van der Waals surface area contributed by atoms with Gasteiger partial charge in [0.1, 0.15) is 5.75 Å². The van der Waals surface area contributed by atoms with Crippen LogP contribution in [0.1, 0.15) is 6.42 Å². The van der Waals surface area contributed by atoms with Crippen LogP contribution in [0.15, 0.2) is 65.0 Å². The summed E-state index contributed by atoms with van der Waals surface area (Å²) in [6.07, 6.45) is 1.39. The van der Waals surface area contributed by atoms with Crippen LogP contribution in [0.4, 0.5) is 10.8 Å². The summed E-state index contributed by atoms with van der Waals surface area (Å²) < 4.78 is 33.0. The highest BCUT2D eigenvalue weighted by molar-refractivity contribution is 7.93. The van der Waals surface area contributed by atoms with E-state index in [0.717, 1.165) is 0 Å². The summed E-state index contributed by atoms with van der Waals surface area (Å²) in [5, 5.41) is 2.42. The van der Waals surface area contributed by atoms with Gasteiger partial charge in [0.25, 0.3) is 15.9 Å². The zero-order valence-electron chi connectivity index (χ0n) is 15.0. The third-order valence-corrected chi connectivity index (χ3v) is 6.86. The summed E-state index contributed by atoms with van der Waals surface area (Å²) in [5.41, 5.74) is 0.605. The summed E-state index contributed by atoms with van der Waals surface area (Å²) in [6, 6.07) is 13.1. The monoisotopic (exact) mass is 449 g/mol. The summed E-state index contributed by atoms with van der Waals surface area (Å²) in [6.45, 7) is 0.470. The molecule has 150 valence electrons. The molecule has 1 aromatic heterocycles. The topological polar surface area (TPSA) is 88.6 Å². The second-order valence-corrected chi connectivity index (χ2v) is 9.24. The molecule has 10 heteroatoms. The van der Waals surface area contributed by atoms with E-state index in [1.807, 2.05) is 0 Å². The first-order valence-electron chi connectivity index (χ1n) is 8.69. The average molecular weight is 450 g/mol. The molecule has 7 nitrogen and oxygen atoms in total. The number of hydrogen-bond donors (Lipinski definition) is 1. The highest BCUT2D eigenvalue weighted by Gasteiger charge is 2.34. The molecule has 1 atom stereocenters. The molecule has 1 fully saturated rings. The Morgan fingerprint density at radius 3 is 2.62 bits per heavy atom. The van der Waals surface area contributed by atoms with Gasteiger partial charge in [0, 0.05) is 30.2 Å². The highest BCUT2D eigenvalue weighted by Crippen LogP contribution is 2.29. The van der Waals surface area contributed by atoms with E-state index in [2.05, 4.69) is 9.71 Å². The molecule has 0 saturated carbocycles. The van der Waals surface area contributed by atoms with Crippen molar-refractivity contribution in [1.29, 1.82) is 0 Å². The molecule has 0 aliphatic carbocycles. The van der Waals surface area contributed by atoms with Gasteiger partial charge in [-0.15, -0.1) is 11.3 Å². The smallest absolute Gasteiger partial charge is 0.268 e. The lowest BCUT2D eigenvalue weighted by Gasteiger charge is -2.18. The molecule has 4 rings (SSSR count). The van der Waals surface area contributed by atoms with Gasteiger partial charge < -0.3 is 9.64 Å². The highest BCUT2D eigenvalue weighted by atomic mass is 35.5. The molecule has 2 aromatic carbocycles. The molecule has 1 amide bonds. The van der Waals surface area contributed by atoms with Gasteiger partial charge in [0.2, 0.25) is 0 Å². The zero-order valence-corrected chi connectivity index (χ0v) is 17.4. The van der Waals surface area contributed by atoms with Crippen molar-refractivity contribution in [2.24, 2.45) is 0 Å². The number of anilines is 2. The third kappa shape index (κ3) is 4.21. The molecule has 1 saturated heterocycles. The molecule has 1 unspecified atom stereocenters. The van der Waals surface area contributed by atoms with E-state index in [1.165, 1.54) is 29.7 Å². The number of halogens is 1. The van der Waals surface area contributed by atoms with Crippen LogP contribution in [0, 0.1) is 0 Å². The number of carbonyl (C=O) groups is 1. The SMILES string of the molecule is O=C1C(Oc2ccccc2Cl)CCN1c1ccc(S(=O)(=O)Nc2nccs2)cc1. The molecule has 1 N–H and O–H groups in total. The van der Waals surface area contributed by atoms with Crippen molar-refractivity contribution >= 4 is 49.7 Å². The maximum absolute atomic E-state index is 12.7. The summed E-state index contributed by atoms with van der Waals surface area (Å²) in [4.78, 5) is 18.3. The minimum absolute atomic E-state index is 0.0898. The number of nitrogens with one attached hydrogen (secondary N) is 1. The Morgan fingerprint density at radius 2 is 1.93 bits per heavy atom. The normalized spacial score (nSPS) is 16.8. The molecular formula is C19H16ClN3O4S2. The molecule has 2 heterocycles. The summed E-state index contributed by atoms with van der Waals surface area (Å²) >= 11 is 7.29. The number of hydrogen-bond acceptors (Lipinski definition) is 6. The number of sulfonamides is 1. The Bertz CT molecular complexity index is 1120. The predicted octanol–water partition coefficient (Wildman–Crippen LogP) is 3.78. The van der Waals surface area contributed by atoms with Crippen molar-refractivity contribution in [1.82, 2.24) is 4.98 Å². The predicted molar refractivity (Wildman–Crippen MR) is 112 cm³/mol. The number of thiazole rings is 1. The second kappa shape index (κ2) is 8.02. The molecular weight excluding hydrogens is 434 g/mol. The first kappa shape index (κ1) is 19.7. The Morgan fingerprint density at radius 1 is 1.17 bits per heavy atom. The minimum atomic E-state index is -3.74. The van der Waals surface area contributed by atoms with E-state index in [4.69, 9.17) is 16.3 Å².